The van der Waals surface area contributed by atoms with Gasteiger partial charge >= 0.3 is 6.18 Å². The lowest BCUT2D eigenvalue weighted by Gasteiger charge is -2.14. The molecule has 4 aromatic rings. The molecule has 4 rings (SSSR count). The Hall–Kier alpha value is -3.39. The van der Waals surface area contributed by atoms with Gasteiger partial charge in [0.25, 0.3) is 0 Å². The van der Waals surface area contributed by atoms with Gasteiger partial charge < -0.3 is 5.32 Å². The van der Waals surface area contributed by atoms with E-state index >= 15 is 0 Å². The summed E-state index contributed by atoms with van der Waals surface area (Å²) >= 11 is 5.98. The molecule has 0 spiro atoms. The quantitative estimate of drug-likeness (QED) is 0.429. The lowest BCUT2D eigenvalue weighted by Crippen LogP contribution is -2.28. The van der Waals surface area contributed by atoms with Crippen LogP contribution in [0.1, 0.15) is 29.8 Å². The molecule has 32 heavy (non-hydrogen) atoms. The van der Waals surface area contributed by atoms with Crippen LogP contribution in [-0.4, -0.2) is 20.7 Å². The topological polar surface area (TPSA) is 59.8 Å². The van der Waals surface area contributed by atoms with Crippen LogP contribution in [0, 0.1) is 0 Å². The molecule has 5 nitrogen and oxygen atoms in total. The first-order chi connectivity index (χ1) is 15.2. The number of nitrogens with one attached hydrogen (secondary N) is 1. The Morgan fingerprint density at radius 3 is 2.69 bits per heavy atom. The summed E-state index contributed by atoms with van der Waals surface area (Å²) in [5.41, 5.74) is 1.02. The standard InChI is InChI=1S/C23H18ClF3N4O/c1-14(16-8-7-15-4-3-9-28-20(15)10-16)22(32)29-13-19-12-21(23(25,26)27)30-31(19)18-6-2-5-17(24)11-18/h2-12,14H,13H2,1H3,(H,29,32). The van der Waals surface area contributed by atoms with E-state index in [9.17, 15) is 18.0 Å². The van der Waals surface area contributed by atoms with Crippen molar-refractivity contribution in [1.29, 1.82) is 0 Å². The first kappa shape index (κ1) is 21.8. The summed E-state index contributed by atoms with van der Waals surface area (Å²) in [5, 5.41) is 7.71. The molecular formula is C23H18ClF3N4O. The minimum Gasteiger partial charge on any atom is -0.350 e. The van der Waals surface area contributed by atoms with Gasteiger partial charge in [0, 0.05) is 16.6 Å². The highest BCUT2D eigenvalue weighted by atomic mass is 35.5. The molecule has 2 heterocycles. The number of pyridine rings is 1. The second kappa shape index (κ2) is 8.63. The molecule has 0 fully saturated rings. The third kappa shape index (κ3) is 4.60. The lowest BCUT2D eigenvalue weighted by molar-refractivity contribution is -0.141. The van der Waals surface area contributed by atoms with Crippen molar-refractivity contribution in [3.05, 3.63) is 88.8 Å². The van der Waals surface area contributed by atoms with E-state index in [4.69, 9.17) is 11.6 Å². The fourth-order valence-electron chi connectivity index (χ4n) is 3.35. The maximum atomic E-state index is 13.3. The van der Waals surface area contributed by atoms with Gasteiger partial charge in [-0.2, -0.15) is 18.3 Å². The molecular weight excluding hydrogens is 441 g/mol. The van der Waals surface area contributed by atoms with Crippen molar-refractivity contribution < 1.29 is 18.0 Å². The molecule has 1 atom stereocenters. The van der Waals surface area contributed by atoms with Crippen molar-refractivity contribution in [3.8, 4) is 5.69 Å². The molecule has 0 aliphatic heterocycles. The lowest BCUT2D eigenvalue weighted by atomic mass is 9.99. The van der Waals surface area contributed by atoms with E-state index in [2.05, 4.69) is 15.4 Å². The highest BCUT2D eigenvalue weighted by molar-refractivity contribution is 6.30. The number of amides is 1. The highest BCUT2D eigenvalue weighted by Gasteiger charge is 2.35. The van der Waals surface area contributed by atoms with Gasteiger partial charge in [-0.3, -0.25) is 9.78 Å². The first-order valence-corrected chi connectivity index (χ1v) is 10.1. The van der Waals surface area contributed by atoms with Gasteiger partial charge in [0.2, 0.25) is 5.91 Å². The molecule has 2 aromatic carbocycles. The molecule has 0 saturated heterocycles. The van der Waals surface area contributed by atoms with Gasteiger partial charge in [0.1, 0.15) is 0 Å². The average molecular weight is 459 g/mol. The summed E-state index contributed by atoms with van der Waals surface area (Å²) in [4.78, 5) is 17.0. The van der Waals surface area contributed by atoms with Gasteiger partial charge in [0.15, 0.2) is 5.69 Å². The molecule has 2 aromatic heterocycles. The predicted molar refractivity (Wildman–Crippen MR) is 116 cm³/mol. The third-order valence-electron chi connectivity index (χ3n) is 5.09. The number of fused-ring (bicyclic) bond motifs is 1. The normalized spacial score (nSPS) is 12.7. The number of benzene rings is 2. The minimum atomic E-state index is -4.62. The van der Waals surface area contributed by atoms with Crippen LogP contribution in [0.5, 0.6) is 0 Å². The number of hydrogen-bond donors (Lipinski definition) is 1. The number of nitrogens with zero attached hydrogens (tertiary/aromatic N) is 3. The van der Waals surface area contributed by atoms with Crippen molar-refractivity contribution in [3.63, 3.8) is 0 Å². The Bertz CT molecular complexity index is 1290. The monoisotopic (exact) mass is 458 g/mol. The maximum Gasteiger partial charge on any atom is 0.435 e. The number of aromatic nitrogens is 3. The average Bonchev–Trinajstić information content (AvgIpc) is 3.21. The van der Waals surface area contributed by atoms with Gasteiger partial charge in [-0.1, -0.05) is 35.9 Å². The van der Waals surface area contributed by atoms with Crippen LogP contribution in [0.2, 0.25) is 5.02 Å². The number of carbonyl (C=O) groups is 1. The van der Waals surface area contributed by atoms with E-state index in [-0.39, 0.29) is 18.1 Å². The summed E-state index contributed by atoms with van der Waals surface area (Å²) in [7, 11) is 0. The number of hydrogen-bond acceptors (Lipinski definition) is 3. The molecule has 0 radical (unpaired) electrons. The van der Waals surface area contributed by atoms with Crippen LogP contribution in [0.3, 0.4) is 0 Å². The number of alkyl halides is 3. The molecule has 1 N–H and O–H groups in total. The molecule has 164 valence electrons. The zero-order valence-electron chi connectivity index (χ0n) is 16.9. The van der Waals surface area contributed by atoms with Crippen molar-refractivity contribution >= 4 is 28.4 Å². The van der Waals surface area contributed by atoms with E-state index in [0.29, 0.717) is 10.7 Å². The molecule has 0 aliphatic rings. The number of rotatable bonds is 5. The number of carbonyl (C=O) groups excluding carboxylic acids is 1. The zero-order chi connectivity index (χ0) is 22.9. The summed E-state index contributed by atoms with van der Waals surface area (Å²) < 4.78 is 40.9. The SMILES string of the molecule is CC(C(=O)NCc1cc(C(F)(F)F)nn1-c1cccc(Cl)c1)c1ccc2cccnc2c1. The minimum absolute atomic E-state index is 0.134. The van der Waals surface area contributed by atoms with Crippen molar-refractivity contribution in [2.24, 2.45) is 0 Å². The summed E-state index contributed by atoms with van der Waals surface area (Å²) in [6, 6.07) is 16.6. The van der Waals surface area contributed by atoms with Gasteiger partial charge in [-0.15, -0.1) is 0 Å². The first-order valence-electron chi connectivity index (χ1n) is 9.77. The Morgan fingerprint density at radius 2 is 1.94 bits per heavy atom. The van der Waals surface area contributed by atoms with E-state index < -0.39 is 17.8 Å². The van der Waals surface area contributed by atoms with Crippen LogP contribution in [0.25, 0.3) is 16.6 Å². The summed E-state index contributed by atoms with van der Waals surface area (Å²) in [5.74, 6) is -0.848. The Balaban J connectivity index is 1.56. The Kier molecular flexibility index (Phi) is 5.88. The van der Waals surface area contributed by atoms with Crippen molar-refractivity contribution in [2.45, 2.75) is 25.6 Å². The maximum absolute atomic E-state index is 13.3. The summed E-state index contributed by atoms with van der Waals surface area (Å²) in [6.07, 6.45) is -2.94. The van der Waals surface area contributed by atoms with Crippen LogP contribution < -0.4 is 5.32 Å². The van der Waals surface area contributed by atoms with Crippen LogP contribution in [-0.2, 0) is 17.5 Å². The second-order valence-electron chi connectivity index (χ2n) is 7.31. The van der Waals surface area contributed by atoms with E-state index in [1.165, 1.54) is 6.07 Å². The Labute approximate surface area is 186 Å². The Morgan fingerprint density at radius 1 is 1.12 bits per heavy atom. The molecule has 0 aliphatic carbocycles. The smallest absolute Gasteiger partial charge is 0.350 e. The van der Waals surface area contributed by atoms with Gasteiger partial charge in [0.05, 0.1) is 29.4 Å². The molecule has 0 saturated carbocycles. The third-order valence-corrected chi connectivity index (χ3v) is 5.33. The van der Waals surface area contributed by atoms with Crippen LogP contribution in [0.15, 0.2) is 66.9 Å². The molecule has 1 unspecified atom stereocenters. The molecule has 9 heteroatoms. The largest absolute Gasteiger partial charge is 0.435 e. The van der Waals surface area contributed by atoms with Crippen LogP contribution >= 0.6 is 11.6 Å². The van der Waals surface area contributed by atoms with Crippen molar-refractivity contribution in [1.82, 2.24) is 20.1 Å². The van der Waals surface area contributed by atoms with Crippen LogP contribution in [0.4, 0.5) is 13.2 Å². The molecule has 0 bridgehead atoms. The fraction of sp³-hybridized carbons (Fsp3) is 0.174. The zero-order valence-corrected chi connectivity index (χ0v) is 17.7. The second-order valence-corrected chi connectivity index (χ2v) is 7.74. The van der Waals surface area contributed by atoms with E-state index in [1.54, 1.807) is 31.3 Å². The molecule has 1 amide bonds. The predicted octanol–water partition coefficient (Wildman–Crippen LogP) is 5.51. The van der Waals surface area contributed by atoms with Gasteiger partial charge in [-0.25, -0.2) is 4.68 Å². The fourth-order valence-corrected chi connectivity index (χ4v) is 3.54. The van der Waals surface area contributed by atoms with E-state index in [1.807, 2.05) is 30.3 Å². The van der Waals surface area contributed by atoms with E-state index in [0.717, 1.165) is 27.2 Å². The van der Waals surface area contributed by atoms with Gasteiger partial charge in [-0.05, 0) is 48.9 Å². The van der Waals surface area contributed by atoms with Crippen molar-refractivity contribution in [2.75, 3.05) is 0 Å². The number of halogens is 4. The highest BCUT2D eigenvalue weighted by Crippen LogP contribution is 2.30. The summed E-state index contributed by atoms with van der Waals surface area (Å²) in [6.45, 7) is 1.60.